The monoisotopic (exact) mass is 348 g/mol. The van der Waals surface area contributed by atoms with E-state index in [1.807, 2.05) is 78.9 Å². The number of rotatable bonds is 9. The lowest BCUT2D eigenvalue weighted by molar-refractivity contribution is 0.281. The summed E-state index contributed by atoms with van der Waals surface area (Å²) in [5.74, 6) is 1.66. The molecule has 0 atom stereocenters. The fraction of sp³-hybridized carbons (Fsp3) is 0.217. The van der Waals surface area contributed by atoms with Crippen molar-refractivity contribution in [3.8, 4) is 11.5 Å². The first kappa shape index (κ1) is 18.0. The van der Waals surface area contributed by atoms with Crippen LogP contribution in [0.2, 0.25) is 0 Å². The normalized spacial score (nSPS) is 10.5. The zero-order valence-electron chi connectivity index (χ0n) is 14.8. The van der Waals surface area contributed by atoms with Crippen LogP contribution in [0.25, 0.3) is 0 Å². The van der Waals surface area contributed by atoms with E-state index in [1.165, 1.54) is 0 Å². The number of ether oxygens (including phenoxy) is 2. The van der Waals surface area contributed by atoms with Gasteiger partial charge >= 0.3 is 0 Å². The van der Waals surface area contributed by atoms with Crippen LogP contribution in [0.5, 0.6) is 11.5 Å². The predicted octanol–water partition coefficient (Wildman–Crippen LogP) is 4.77. The molecule has 134 valence electrons. The molecular weight excluding hydrogens is 324 g/mol. The van der Waals surface area contributed by atoms with Gasteiger partial charge in [0.2, 0.25) is 0 Å². The highest BCUT2D eigenvalue weighted by molar-refractivity contribution is 5.40. The van der Waals surface area contributed by atoms with Crippen LogP contribution in [0.15, 0.2) is 78.9 Å². The van der Waals surface area contributed by atoms with E-state index in [-0.39, 0.29) is 6.61 Å². The van der Waals surface area contributed by atoms with Gasteiger partial charge in [-0.05, 0) is 47.7 Å². The summed E-state index contributed by atoms with van der Waals surface area (Å²) in [5, 5.41) is 9.18. The van der Waals surface area contributed by atoms with Crippen molar-refractivity contribution in [1.82, 2.24) is 0 Å². The Labute approximate surface area is 154 Å². The molecule has 3 rings (SSSR count). The number of aliphatic hydroxyl groups excluding tert-OH is 1. The first-order chi connectivity index (χ1) is 12.8. The van der Waals surface area contributed by atoms with E-state index >= 15 is 0 Å². The maximum Gasteiger partial charge on any atom is 0.123 e. The van der Waals surface area contributed by atoms with E-state index in [2.05, 4.69) is 0 Å². The third-order valence-electron chi connectivity index (χ3n) is 4.12. The molecule has 0 aromatic heterocycles. The van der Waals surface area contributed by atoms with Crippen LogP contribution in [0, 0.1) is 0 Å². The molecule has 0 unspecified atom stereocenters. The first-order valence-corrected chi connectivity index (χ1v) is 8.92. The summed E-state index contributed by atoms with van der Waals surface area (Å²) in [5.41, 5.74) is 3.32. The number of hydrogen-bond donors (Lipinski definition) is 1. The fourth-order valence-electron chi connectivity index (χ4n) is 2.73. The molecule has 0 saturated heterocycles. The van der Waals surface area contributed by atoms with Gasteiger partial charge in [0, 0.05) is 6.61 Å². The minimum absolute atomic E-state index is 0.160. The molecule has 3 aromatic rings. The lowest BCUT2D eigenvalue weighted by atomic mass is 10.1. The van der Waals surface area contributed by atoms with Crippen LogP contribution < -0.4 is 9.47 Å². The van der Waals surface area contributed by atoms with Crippen LogP contribution in [0.3, 0.4) is 0 Å². The molecule has 3 heteroatoms. The summed E-state index contributed by atoms with van der Waals surface area (Å²) >= 11 is 0. The Morgan fingerprint density at radius 2 is 1.31 bits per heavy atom. The molecule has 0 aliphatic rings. The summed E-state index contributed by atoms with van der Waals surface area (Å²) < 4.78 is 11.9. The van der Waals surface area contributed by atoms with Crippen molar-refractivity contribution in [3.63, 3.8) is 0 Å². The number of aryl methyl sites for hydroxylation is 1. The Morgan fingerprint density at radius 1 is 0.692 bits per heavy atom. The van der Waals surface area contributed by atoms with Crippen molar-refractivity contribution in [2.24, 2.45) is 0 Å². The van der Waals surface area contributed by atoms with Crippen molar-refractivity contribution in [3.05, 3.63) is 95.6 Å². The van der Waals surface area contributed by atoms with Crippen LogP contribution in [0.4, 0.5) is 0 Å². The van der Waals surface area contributed by atoms with Gasteiger partial charge in [-0.25, -0.2) is 0 Å². The quantitative estimate of drug-likeness (QED) is 0.605. The summed E-state index contributed by atoms with van der Waals surface area (Å²) in [4.78, 5) is 0. The van der Waals surface area contributed by atoms with Crippen molar-refractivity contribution in [2.45, 2.75) is 26.1 Å². The van der Waals surface area contributed by atoms with Crippen LogP contribution >= 0.6 is 0 Å². The maximum atomic E-state index is 9.18. The average Bonchev–Trinajstić information content (AvgIpc) is 2.71. The fourth-order valence-corrected chi connectivity index (χ4v) is 2.73. The van der Waals surface area contributed by atoms with Gasteiger partial charge in [-0.3, -0.25) is 0 Å². The first-order valence-electron chi connectivity index (χ1n) is 8.92. The SMILES string of the molecule is OCCCc1cc(OCc2ccccc2)ccc1OCc1ccccc1. The van der Waals surface area contributed by atoms with Gasteiger partial charge in [0.15, 0.2) is 0 Å². The molecule has 1 N–H and O–H groups in total. The molecule has 0 aliphatic heterocycles. The average molecular weight is 348 g/mol. The molecule has 3 nitrogen and oxygen atoms in total. The smallest absolute Gasteiger partial charge is 0.123 e. The van der Waals surface area contributed by atoms with E-state index in [4.69, 9.17) is 9.47 Å². The van der Waals surface area contributed by atoms with E-state index in [1.54, 1.807) is 0 Å². The molecule has 0 heterocycles. The van der Waals surface area contributed by atoms with Gasteiger partial charge in [0.05, 0.1) is 0 Å². The van der Waals surface area contributed by atoms with E-state index < -0.39 is 0 Å². The standard InChI is InChI=1S/C23H24O3/c24-15-7-12-21-16-22(25-17-19-8-3-1-4-9-19)13-14-23(21)26-18-20-10-5-2-6-11-20/h1-6,8-11,13-14,16,24H,7,12,15,17-18H2. The van der Waals surface area contributed by atoms with E-state index in [0.29, 0.717) is 19.6 Å². The van der Waals surface area contributed by atoms with E-state index in [9.17, 15) is 5.11 Å². The molecular formula is C23H24O3. The maximum absolute atomic E-state index is 9.18. The largest absolute Gasteiger partial charge is 0.489 e. The van der Waals surface area contributed by atoms with Crippen LogP contribution in [-0.2, 0) is 19.6 Å². The number of aliphatic hydroxyl groups is 1. The molecule has 0 bridgehead atoms. The highest BCUT2D eigenvalue weighted by atomic mass is 16.5. The summed E-state index contributed by atoms with van der Waals surface area (Å²) in [6.07, 6.45) is 1.45. The van der Waals surface area contributed by atoms with Gasteiger partial charge in [0.1, 0.15) is 24.7 Å². The lowest BCUT2D eigenvalue weighted by Crippen LogP contribution is -2.01. The minimum Gasteiger partial charge on any atom is -0.489 e. The van der Waals surface area contributed by atoms with Crippen LogP contribution in [-0.4, -0.2) is 11.7 Å². The van der Waals surface area contributed by atoms with Crippen LogP contribution in [0.1, 0.15) is 23.1 Å². The lowest BCUT2D eigenvalue weighted by Gasteiger charge is -2.14. The number of benzene rings is 3. The highest BCUT2D eigenvalue weighted by Crippen LogP contribution is 2.27. The molecule has 0 saturated carbocycles. The van der Waals surface area contributed by atoms with Gasteiger partial charge in [-0.1, -0.05) is 60.7 Å². The molecule has 26 heavy (non-hydrogen) atoms. The predicted molar refractivity (Wildman–Crippen MR) is 103 cm³/mol. The van der Waals surface area contributed by atoms with Gasteiger partial charge in [0.25, 0.3) is 0 Å². The molecule has 3 aromatic carbocycles. The number of hydrogen-bond acceptors (Lipinski definition) is 3. The molecule has 0 radical (unpaired) electrons. The van der Waals surface area contributed by atoms with Crippen molar-refractivity contribution >= 4 is 0 Å². The second-order valence-electron chi connectivity index (χ2n) is 6.15. The Morgan fingerprint density at radius 3 is 1.92 bits per heavy atom. The second-order valence-corrected chi connectivity index (χ2v) is 6.15. The third-order valence-corrected chi connectivity index (χ3v) is 4.12. The Bertz CT molecular complexity index is 785. The Kier molecular flexibility index (Phi) is 6.68. The van der Waals surface area contributed by atoms with Gasteiger partial charge in [-0.15, -0.1) is 0 Å². The van der Waals surface area contributed by atoms with E-state index in [0.717, 1.165) is 34.6 Å². The zero-order chi connectivity index (χ0) is 18.0. The van der Waals surface area contributed by atoms with Gasteiger partial charge in [-0.2, -0.15) is 0 Å². The van der Waals surface area contributed by atoms with Gasteiger partial charge < -0.3 is 14.6 Å². The van der Waals surface area contributed by atoms with Crippen molar-refractivity contribution < 1.29 is 14.6 Å². The Hall–Kier alpha value is -2.78. The van der Waals surface area contributed by atoms with Crippen molar-refractivity contribution in [2.75, 3.05) is 6.61 Å². The minimum atomic E-state index is 0.160. The topological polar surface area (TPSA) is 38.7 Å². The Balaban J connectivity index is 1.68. The third kappa shape index (κ3) is 5.36. The molecule has 0 amide bonds. The highest BCUT2D eigenvalue weighted by Gasteiger charge is 2.07. The molecule has 0 fully saturated rings. The van der Waals surface area contributed by atoms with Crippen molar-refractivity contribution in [1.29, 1.82) is 0 Å². The zero-order valence-corrected chi connectivity index (χ0v) is 14.8. The summed E-state index contributed by atoms with van der Waals surface area (Å²) in [6.45, 7) is 1.22. The molecule has 0 aliphatic carbocycles. The summed E-state index contributed by atoms with van der Waals surface area (Å²) in [6, 6.07) is 26.1. The second kappa shape index (κ2) is 9.64. The molecule has 0 spiro atoms. The summed E-state index contributed by atoms with van der Waals surface area (Å²) in [7, 11) is 0.